The van der Waals surface area contributed by atoms with Crippen LogP contribution in [0.5, 0.6) is 0 Å². The number of nitrogens with one attached hydrogen (secondary N) is 1. The van der Waals surface area contributed by atoms with Crippen molar-refractivity contribution < 1.29 is 0 Å². The summed E-state index contributed by atoms with van der Waals surface area (Å²) in [5.74, 6) is 0.739. The van der Waals surface area contributed by atoms with E-state index in [0.717, 1.165) is 18.9 Å². The highest BCUT2D eigenvalue weighted by molar-refractivity contribution is 7.12. The maximum atomic E-state index is 3.76. The van der Waals surface area contributed by atoms with Crippen molar-refractivity contribution in [1.29, 1.82) is 0 Å². The van der Waals surface area contributed by atoms with Gasteiger partial charge in [0.25, 0.3) is 0 Å². The number of aryl methyl sites for hydroxylation is 1. The van der Waals surface area contributed by atoms with E-state index in [1.807, 2.05) is 11.3 Å². The van der Waals surface area contributed by atoms with E-state index in [2.05, 4.69) is 55.6 Å². The van der Waals surface area contributed by atoms with Crippen LogP contribution in [0.3, 0.4) is 0 Å². The van der Waals surface area contributed by atoms with Crippen molar-refractivity contribution in [3.05, 3.63) is 57.3 Å². The summed E-state index contributed by atoms with van der Waals surface area (Å²) in [6.45, 7) is 5.60. The lowest BCUT2D eigenvalue weighted by molar-refractivity contribution is 0.433. The zero-order valence-electron chi connectivity index (χ0n) is 13.1. The largest absolute Gasteiger partial charge is 0.309 e. The maximum Gasteiger partial charge on any atom is 0.0420 e. The summed E-state index contributed by atoms with van der Waals surface area (Å²) in [5, 5.41) is 3.76. The molecule has 0 spiro atoms. The zero-order chi connectivity index (χ0) is 14.7. The molecule has 1 aliphatic rings. The van der Waals surface area contributed by atoms with E-state index in [1.54, 1.807) is 11.1 Å². The smallest absolute Gasteiger partial charge is 0.0420 e. The van der Waals surface area contributed by atoms with E-state index in [9.17, 15) is 0 Å². The van der Waals surface area contributed by atoms with Gasteiger partial charge in [0, 0.05) is 15.8 Å². The van der Waals surface area contributed by atoms with Crippen LogP contribution in [0.2, 0.25) is 0 Å². The zero-order valence-corrected chi connectivity index (χ0v) is 13.9. The van der Waals surface area contributed by atoms with Gasteiger partial charge in [0.2, 0.25) is 0 Å². The summed E-state index contributed by atoms with van der Waals surface area (Å²) >= 11 is 1.99. The lowest BCUT2D eigenvalue weighted by Crippen LogP contribution is -2.27. The van der Waals surface area contributed by atoms with E-state index in [4.69, 9.17) is 0 Å². The van der Waals surface area contributed by atoms with Gasteiger partial charge in [-0.25, -0.2) is 0 Å². The molecule has 3 rings (SSSR count). The highest BCUT2D eigenvalue weighted by Gasteiger charge is 2.28. The first-order chi connectivity index (χ1) is 10.3. The van der Waals surface area contributed by atoms with Crippen molar-refractivity contribution in [1.82, 2.24) is 5.32 Å². The first-order valence-electron chi connectivity index (χ1n) is 8.21. The van der Waals surface area contributed by atoms with Crippen LogP contribution in [0.4, 0.5) is 0 Å². The molecule has 1 nitrogen and oxygen atoms in total. The molecule has 1 N–H and O–H groups in total. The van der Waals surface area contributed by atoms with E-state index in [1.165, 1.54) is 29.0 Å². The Labute approximate surface area is 132 Å². The lowest BCUT2D eigenvalue weighted by atomic mass is 9.74. The molecule has 0 saturated carbocycles. The fourth-order valence-corrected chi connectivity index (χ4v) is 4.29. The quantitative estimate of drug-likeness (QED) is 0.751. The summed E-state index contributed by atoms with van der Waals surface area (Å²) in [6.07, 6.45) is 4.84. The standard InChI is InChI=1S/C19H25NS/c1-3-11-20-18(19-10-9-16(4-2)21-19)13-15-12-14-7-5-6-8-17(14)15/h5-10,15,18,20H,3-4,11-13H2,1-2H3. The summed E-state index contributed by atoms with van der Waals surface area (Å²) in [6, 6.07) is 14.1. The Morgan fingerprint density at radius 2 is 2.05 bits per heavy atom. The number of fused-ring (bicyclic) bond motifs is 1. The van der Waals surface area contributed by atoms with Crippen LogP contribution in [0.15, 0.2) is 36.4 Å². The summed E-state index contributed by atoms with van der Waals surface area (Å²) in [5.41, 5.74) is 3.13. The van der Waals surface area contributed by atoms with Crippen molar-refractivity contribution >= 4 is 11.3 Å². The van der Waals surface area contributed by atoms with Crippen molar-refractivity contribution in [3.63, 3.8) is 0 Å². The minimum Gasteiger partial charge on any atom is -0.309 e. The van der Waals surface area contributed by atoms with Crippen LogP contribution in [0, 0.1) is 0 Å². The Kier molecular flexibility index (Phi) is 4.77. The van der Waals surface area contributed by atoms with Gasteiger partial charge < -0.3 is 5.32 Å². The Hall–Kier alpha value is -1.12. The predicted octanol–water partition coefficient (Wildman–Crippen LogP) is 5.08. The molecule has 0 bridgehead atoms. The molecule has 112 valence electrons. The Morgan fingerprint density at radius 1 is 1.19 bits per heavy atom. The molecule has 2 heteroatoms. The third-order valence-corrected chi connectivity index (χ3v) is 5.84. The number of thiophene rings is 1. The number of hydrogen-bond donors (Lipinski definition) is 1. The Morgan fingerprint density at radius 3 is 2.76 bits per heavy atom. The minimum absolute atomic E-state index is 0.522. The van der Waals surface area contributed by atoms with Gasteiger partial charge in [-0.2, -0.15) is 0 Å². The third-order valence-electron chi connectivity index (χ3n) is 4.50. The van der Waals surface area contributed by atoms with Crippen LogP contribution in [-0.2, 0) is 12.8 Å². The van der Waals surface area contributed by atoms with Crippen LogP contribution >= 0.6 is 11.3 Å². The molecule has 1 aliphatic carbocycles. The number of hydrogen-bond acceptors (Lipinski definition) is 2. The molecule has 21 heavy (non-hydrogen) atoms. The predicted molar refractivity (Wildman–Crippen MR) is 92.2 cm³/mol. The van der Waals surface area contributed by atoms with Crippen LogP contribution < -0.4 is 5.32 Å². The first kappa shape index (κ1) is 14.8. The lowest BCUT2D eigenvalue weighted by Gasteiger charge is -2.33. The maximum absolute atomic E-state index is 3.76. The third kappa shape index (κ3) is 3.22. The van der Waals surface area contributed by atoms with Gasteiger partial charge in [-0.1, -0.05) is 38.1 Å². The molecular formula is C19H25NS. The molecule has 0 amide bonds. The molecule has 1 aromatic carbocycles. The Balaban J connectivity index is 1.71. The normalized spacial score (nSPS) is 18.1. The average molecular weight is 299 g/mol. The second-order valence-electron chi connectivity index (χ2n) is 6.00. The van der Waals surface area contributed by atoms with Gasteiger partial charge in [0.05, 0.1) is 0 Å². The second kappa shape index (κ2) is 6.76. The molecule has 0 fully saturated rings. The van der Waals surface area contributed by atoms with Gasteiger partial charge >= 0.3 is 0 Å². The van der Waals surface area contributed by atoms with Crippen molar-refractivity contribution in [2.75, 3.05) is 6.54 Å². The molecule has 1 aromatic heterocycles. The second-order valence-corrected chi connectivity index (χ2v) is 7.20. The number of benzene rings is 1. The van der Waals surface area contributed by atoms with E-state index in [-0.39, 0.29) is 0 Å². The Bertz CT molecular complexity index is 587. The fraction of sp³-hybridized carbons (Fsp3) is 0.474. The van der Waals surface area contributed by atoms with Crippen molar-refractivity contribution in [3.8, 4) is 0 Å². The summed E-state index contributed by atoms with van der Waals surface area (Å²) < 4.78 is 0. The molecule has 2 unspecified atom stereocenters. The average Bonchev–Trinajstić information content (AvgIpc) is 2.96. The molecule has 0 radical (unpaired) electrons. The van der Waals surface area contributed by atoms with Gasteiger partial charge in [0.15, 0.2) is 0 Å². The summed E-state index contributed by atoms with van der Waals surface area (Å²) in [7, 11) is 0. The monoisotopic (exact) mass is 299 g/mol. The molecule has 2 atom stereocenters. The molecule has 2 aromatic rings. The minimum atomic E-state index is 0.522. The molecule has 0 saturated heterocycles. The van der Waals surface area contributed by atoms with Gasteiger partial charge in [-0.15, -0.1) is 11.3 Å². The fourth-order valence-electron chi connectivity index (χ4n) is 3.25. The van der Waals surface area contributed by atoms with E-state index >= 15 is 0 Å². The highest BCUT2D eigenvalue weighted by Crippen LogP contribution is 2.41. The van der Waals surface area contributed by atoms with Crippen molar-refractivity contribution in [2.24, 2.45) is 0 Å². The summed E-state index contributed by atoms with van der Waals surface area (Å²) in [4.78, 5) is 3.02. The van der Waals surface area contributed by atoms with E-state index in [0.29, 0.717) is 6.04 Å². The van der Waals surface area contributed by atoms with Gasteiger partial charge in [-0.3, -0.25) is 0 Å². The highest BCUT2D eigenvalue weighted by atomic mass is 32.1. The first-order valence-corrected chi connectivity index (χ1v) is 9.03. The van der Waals surface area contributed by atoms with Crippen LogP contribution in [0.25, 0.3) is 0 Å². The van der Waals surface area contributed by atoms with E-state index < -0.39 is 0 Å². The molecule has 1 heterocycles. The SMILES string of the molecule is CCCNC(CC1Cc2ccccc21)c1ccc(CC)s1. The topological polar surface area (TPSA) is 12.0 Å². The molecule has 0 aliphatic heterocycles. The van der Waals surface area contributed by atoms with Crippen LogP contribution in [0.1, 0.15) is 59.5 Å². The molecular weight excluding hydrogens is 274 g/mol. The van der Waals surface area contributed by atoms with Gasteiger partial charge in [0.1, 0.15) is 0 Å². The number of rotatable bonds is 7. The van der Waals surface area contributed by atoms with Gasteiger partial charge in [-0.05, 0) is 61.4 Å². The van der Waals surface area contributed by atoms with Crippen molar-refractivity contribution in [2.45, 2.75) is 51.5 Å². The van der Waals surface area contributed by atoms with Crippen LogP contribution in [-0.4, -0.2) is 6.54 Å².